The zero-order valence-electron chi connectivity index (χ0n) is 11.8. The quantitative estimate of drug-likeness (QED) is 0.911. The second-order valence-corrected chi connectivity index (χ2v) is 7.86. The zero-order chi connectivity index (χ0) is 14.9. The molecule has 2 atom stereocenters. The van der Waals surface area contributed by atoms with Gasteiger partial charge in [0, 0.05) is 19.1 Å². The maximum Gasteiger partial charge on any atom is 0.152 e. The molecule has 1 aliphatic heterocycles. The number of benzene rings is 1. The minimum absolute atomic E-state index is 0.0158. The summed E-state index contributed by atoms with van der Waals surface area (Å²) in [6.07, 6.45) is 1.18. The molecule has 0 bridgehead atoms. The molecular formula is C14H21FN2O2S. The van der Waals surface area contributed by atoms with Crippen LogP contribution in [0.2, 0.25) is 0 Å². The van der Waals surface area contributed by atoms with E-state index in [4.69, 9.17) is 5.73 Å². The van der Waals surface area contributed by atoms with Gasteiger partial charge in [-0.1, -0.05) is 6.07 Å². The first-order chi connectivity index (χ1) is 9.28. The van der Waals surface area contributed by atoms with Crippen LogP contribution in [-0.2, 0) is 16.3 Å². The molecule has 0 aliphatic carbocycles. The van der Waals surface area contributed by atoms with Gasteiger partial charge < -0.3 is 10.6 Å². The van der Waals surface area contributed by atoms with E-state index in [-0.39, 0.29) is 29.4 Å². The van der Waals surface area contributed by atoms with E-state index in [1.165, 1.54) is 6.07 Å². The van der Waals surface area contributed by atoms with Gasteiger partial charge in [-0.3, -0.25) is 0 Å². The summed E-state index contributed by atoms with van der Waals surface area (Å²) in [5.74, 6) is -0.0355. The van der Waals surface area contributed by atoms with Gasteiger partial charge in [-0.15, -0.1) is 0 Å². The lowest BCUT2D eigenvalue weighted by molar-refractivity contribution is 0.595. The smallest absolute Gasteiger partial charge is 0.152 e. The summed E-state index contributed by atoms with van der Waals surface area (Å²) in [6.45, 7) is 1.88. The highest BCUT2D eigenvalue weighted by molar-refractivity contribution is 7.91. The summed E-state index contributed by atoms with van der Waals surface area (Å²) >= 11 is 0. The van der Waals surface area contributed by atoms with Crippen LogP contribution in [0.25, 0.3) is 0 Å². The van der Waals surface area contributed by atoms with Crippen LogP contribution in [0.1, 0.15) is 18.9 Å². The third-order valence-corrected chi connectivity index (χ3v) is 5.46. The van der Waals surface area contributed by atoms with Crippen molar-refractivity contribution in [1.82, 2.24) is 0 Å². The van der Waals surface area contributed by atoms with Crippen LogP contribution in [0.5, 0.6) is 0 Å². The molecule has 2 rings (SSSR count). The first kappa shape index (κ1) is 15.3. The van der Waals surface area contributed by atoms with Gasteiger partial charge in [0.15, 0.2) is 9.84 Å². The topological polar surface area (TPSA) is 63.4 Å². The van der Waals surface area contributed by atoms with E-state index in [9.17, 15) is 12.8 Å². The van der Waals surface area contributed by atoms with Gasteiger partial charge >= 0.3 is 0 Å². The minimum Gasteiger partial charge on any atom is -0.368 e. The van der Waals surface area contributed by atoms with Crippen molar-refractivity contribution >= 4 is 15.5 Å². The summed E-state index contributed by atoms with van der Waals surface area (Å²) in [4.78, 5) is 1.73. The Kier molecular flexibility index (Phi) is 4.34. The molecule has 20 heavy (non-hydrogen) atoms. The Morgan fingerprint density at radius 2 is 2.20 bits per heavy atom. The van der Waals surface area contributed by atoms with Crippen LogP contribution in [0, 0.1) is 5.82 Å². The van der Waals surface area contributed by atoms with Crippen molar-refractivity contribution in [2.24, 2.45) is 5.73 Å². The lowest BCUT2D eigenvalue weighted by Crippen LogP contribution is -2.33. The molecule has 112 valence electrons. The molecule has 1 aromatic carbocycles. The molecule has 1 aromatic rings. The molecule has 6 heteroatoms. The Hall–Kier alpha value is -1.14. The Morgan fingerprint density at radius 3 is 2.70 bits per heavy atom. The van der Waals surface area contributed by atoms with Crippen molar-refractivity contribution in [3.63, 3.8) is 0 Å². The van der Waals surface area contributed by atoms with Gasteiger partial charge in [0.25, 0.3) is 0 Å². The highest BCUT2D eigenvalue weighted by Crippen LogP contribution is 2.26. The van der Waals surface area contributed by atoms with Crippen LogP contribution < -0.4 is 10.6 Å². The summed E-state index contributed by atoms with van der Waals surface area (Å²) in [7, 11) is -1.22. The number of halogens is 1. The summed E-state index contributed by atoms with van der Waals surface area (Å²) < 4.78 is 37.2. The highest BCUT2D eigenvalue weighted by atomic mass is 32.2. The molecule has 2 unspecified atom stereocenters. The van der Waals surface area contributed by atoms with E-state index < -0.39 is 9.84 Å². The van der Waals surface area contributed by atoms with E-state index in [0.29, 0.717) is 18.5 Å². The van der Waals surface area contributed by atoms with Crippen LogP contribution in [0.4, 0.5) is 10.1 Å². The molecule has 1 fully saturated rings. The Balaban J connectivity index is 2.16. The SMILES string of the molecule is CC(N)Cc1ccc(N(C)C2CCS(=O)(=O)C2)c(F)c1. The normalized spacial score (nSPS) is 22.7. The van der Waals surface area contributed by atoms with Crippen molar-refractivity contribution in [3.8, 4) is 0 Å². The van der Waals surface area contributed by atoms with E-state index in [1.54, 1.807) is 18.0 Å². The van der Waals surface area contributed by atoms with Crippen LogP contribution in [0.3, 0.4) is 0 Å². The molecule has 1 heterocycles. The predicted molar refractivity (Wildman–Crippen MR) is 79.2 cm³/mol. The standard InChI is InChI=1S/C14H21FN2O2S/c1-10(16)7-11-3-4-14(13(15)8-11)17(2)12-5-6-20(18,19)9-12/h3-4,8,10,12H,5-7,9,16H2,1-2H3. The zero-order valence-corrected chi connectivity index (χ0v) is 12.7. The number of sulfone groups is 1. The summed E-state index contributed by atoms with van der Waals surface area (Å²) in [5, 5.41) is 0. The van der Waals surface area contributed by atoms with Crippen LogP contribution >= 0.6 is 0 Å². The maximum atomic E-state index is 14.2. The van der Waals surface area contributed by atoms with Crippen LogP contribution in [-0.4, -0.2) is 39.1 Å². The van der Waals surface area contributed by atoms with Crippen molar-refractivity contribution in [1.29, 1.82) is 0 Å². The molecule has 1 saturated heterocycles. The Labute approximate surface area is 119 Å². The van der Waals surface area contributed by atoms with Crippen molar-refractivity contribution in [3.05, 3.63) is 29.6 Å². The van der Waals surface area contributed by atoms with Crippen molar-refractivity contribution in [2.75, 3.05) is 23.5 Å². The van der Waals surface area contributed by atoms with Gasteiger partial charge in [-0.25, -0.2) is 12.8 Å². The van der Waals surface area contributed by atoms with E-state index in [1.807, 2.05) is 13.0 Å². The molecular weight excluding hydrogens is 279 g/mol. The monoisotopic (exact) mass is 300 g/mol. The Morgan fingerprint density at radius 1 is 1.50 bits per heavy atom. The van der Waals surface area contributed by atoms with Gasteiger partial charge in [0.1, 0.15) is 5.82 Å². The van der Waals surface area contributed by atoms with Gasteiger partial charge in [-0.2, -0.15) is 0 Å². The number of nitrogens with zero attached hydrogens (tertiary/aromatic N) is 1. The van der Waals surface area contributed by atoms with Gasteiger partial charge in [0.2, 0.25) is 0 Å². The molecule has 0 radical (unpaired) electrons. The molecule has 0 spiro atoms. The summed E-state index contributed by atoms with van der Waals surface area (Å²) in [5.41, 5.74) is 7.00. The highest BCUT2D eigenvalue weighted by Gasteiger charge is 2.31. The largest absolute Gasteiger partial charge is 0.368 e. The lowest BCUT2D eigenvalue weighted by atomic mass is 10.1. The third-order valence-electron chi connectivity index (χ3n) is 3.71. The maximum absolute atomic E-state index is 14.2. The number of anilines is 1. The number of rotatable bonds is 4. The average molecular weight is 300 g/mol. The van der Waals surface area contributed by atoms with Gasteiger partial charge in [-0.05, 0) is 37.5 Å². The van der Waals surface area contributed by atoms with Crippen LogP contribution in [0.15, 0.2) is 18.2 Å². The van der Waals surface area contributed by atoms with Crippen molar-refractivity contribution in [2.45, 2.75) is 31.8 Å². The minimum atomic E-state index is -2.97. The molecule has 0 saturated carbocycles. The van der Waals surface area contributed by atoms with Crippen molar-refractivity contribution < 1.29 is 12.8 Å². The first-order valence-corrected chi connectivity index (χ1v) is 8.58. The first-order valence-electron chi connectivity index (χ1n) is 6.76. The predicted octanol–water partition coefficient (Wildman–Crippen LogP) is 1.34. The van der Waals surface area contributed by atoms with E-state index in [2.05, 4.69) is 0 Å². The fourth-order valence-electron chi connectivity index (χ4n) is 2.61. The van der Waals surface area contributed by atoms with Gasteiger partial charge in [0.05, 0.1) is 17.2 Å². The average Bonchev–Trinajstić information content (AvgIpc) is 2.68. The second-order valence-electron chi connectivity index (χ2n) is 5.63. The fraction of sp³-hybridized carbons (Fsp3) is 0.571. The van der Waals surface area contributed by atoms with E-state index in [0.717, 1.165) is 5.56 Å². The van der Waals surface area contributed by atoms with E-state index >= 15 is 0 Å². The fourth-order valence-corrected chi connectivity index (χ4v) is 4.39. The molecule has 1 aliphatic rings. The molecule has 0 aromatic heterocycles. The molecule has 2 N–H and O–H groups in total. The third kappa shape index (κ3) is 3.49. The Bertz CT molecular complexity index is 587. The lowest BCUT2D eigenvalue weighted by Gasteiger charge is -2.26. The summed E-state index contributed by atoms with van der Waals surface area (Å²) in [6, 6.07) is 4.88. The molecule has 4 nitrogen and oxygen atoms in total. The number of hydrogen-bond donors (Lipinski definition) is 1. The second kappa shape index (κ2) is 5.69. The number of nitrogens with two attached hydrogens (primary N) is 1. The number of hydrogen-bond acceptors (Lipinski definition) is 4. The molecule has 0 amide bonds.